The summed E-state index contributed by atoms with van der Waals surface area (Å²) in [7, 11) is -2.45. The number of benzene rings is 1. The second-order valence-electron chi connectivity index (χ2n) is 4.98. The van der Waals surface area contributed by atoms with Crippen molar-refractivity contribution in [1.82, 2.24) is 4.72 Å². The van der Waals surface area contributed by atoms with E-state index in [1.54, 1.807) is 0 Å². The van der Waals surface area contributed by atoms with Crippen LogP contribution in [0.1, 0.15) is 12.0 Å². The van der Waals surface area contributed by atoms with Crippen LogP contribution in [0.4, 0.5) is 4.39 Å². The number of halogens is 1. The van der Waals surface area contributed by atoms with Crippen LogP contribution in [0.15, 0.2) is 23.1 Å². The lowest BCUT2D eigenvalue weighted by Gasteiger charge is -2.25. The first-order chi connectivity index (χ1) is 9.92. The van der Waals surface area contributed by atoms with E-state index in [2.05, 4.69) is 4.72 Å². The number of rotatable bonds is 6. The number of nitrogens with two attached hydrogens (primary N) is 1. The summed E-state index contributed by atoms with van der Waals surface area (Å²) in [5.41, 5.74) is 5.23. The molecule has 118 valence electrons. The molecule has 0 bridgehead atoms. The van der Waals surface area contributed by atoms with Crippen molar-refractivity contribution >= 4 is 10.0 Å². The second kappa shape index (κ2) is 6.37. The molecule has 0 saturated carbocycles. The van der Waals surface area contributed by atoms with Gasteiger partial charge >= 0.3 is 0 Å². The molecule has 1 aliphatic rings. The van der Waals surface area contributed by atoms with Gasteiger partial charge in [0, 0.05) is 33.2 Å². The Morgan fingerprint density at radius 3 is 2.81 bits per heavy atom. The van der Waals surface area contributed by atoms with E-state index < -0.39 is 26.3 Å². The van der Waals surface area contributed by atoms with Gasteiger partial charge in [-0.1, -0.05) is 6.07 Å². The Hall–Kier alpha value is -1.06. The van der Waals surface area contributed by atoms with Gasteiger partial charge in [-0.15, -0.1) is 0 Å². The van der Waals surface area contributed by atoms with E-state index in [0.29, 0.717) is 25.2 Å². The quantitative estimate of drug-likeness (QED) is 0.791. The Labute approximate surface area is 123 Å². The highest BCUT2D eigenvalue weighted by Crippen LogP contribution is 2.23. The van der Waals surface area contributed by atoms with Crippen LogP contribution in [0.3, 0.4) is 0 Å². The van der Waals surface area contributed by atoms with Crippen molar-refractivity contribution in [3.8, 4) is 0 Å². The van der Waals surface area contributed by atoms with Gasteiger partial charge in [-0.05, 0) is 17.7 Å². The van der Waals surface area contributed by atoms with Gasteiger partial charge in [-0.3, -0.25) is 0 Å². The summed E-state index contributed by atoms with van der Waals surface area (Å²) in [6.45, 7) is 0.994. The van der Waals surface area contributed by atoms with Crippen LogP contribution in [0.5, 0.6) is 0 Å². The SMILES string of the molecule is COC1(CNS(=O)(=O)c2ccc(CN)cc2F)CCOC1. The van der Waals surface area contributed by atoms with Gasteiger partial charge in [-0.2, -0.15) is 0 Å². The fraction of sp³-hybridized carbons (Fsp3) is 0.538. The van der Waals surface area contributed by atoms with E-state index in [9.17, 15) is 12.8 Å². The first-order valence-electron chi connectivity index (χ1n) is 6.53. The molecule has 1 saturated heterocycles. The van der Waals surface area contributed by atoms with Crippen molar-refractivity contribution in [2.24, 2.45) is 5.73 Å². The summed E-state index contributed by atoms with van der Waals surface area (Å²) in [5, 5.41) is 0. The third-order valence-electron chi connectivity index (χ3n) is 3.61. The Morgan fingerprint density at radius 2 is 2.29 bits per heavy atom. The summed E-state index contributed by atoms with van der Waals surface area (Å²) >= 11 is 0. The van der Waals surface area contributed by atoms with Crippen molar-refractivity contribution in [3.63, 3.8) is 0 Å². The molecule has 1 fully saturated rings. The summed E-state index contributed by atoms with van der Waals surface area (Å²) in [5.74, 6) is -0.820. The van der Waals surface area contributed by atoms with E-state index in [4.69, 9.17) is 15.2 Å². The Morgan fingerprint density at radius 1 is 1.52 bits per heavy atom. The van der Waals surface area contributed by atoms with E-state index in [1.807, 2.05) is 0 Å². The van der Waals surface area contributed by atoms with Gasteiger partial charge < -0.3 is 15.2 Å². The van der Waals surface area contributed by atoms with E-state index >= 15 is 0 Å². The largest absolute Gasteiger partial charge is 0.378 e. The Bertz CT molecular complexity index is 600. The summed E-state index contributed by atoms with van der Waals surface area (Å²) < 4.78 is 51.2. The number of ether oxygens (including phenoxy) is 2. The average Bonchev–Trinajstić information content (AvgIpc) is 2.94. The van der Waals surface area contributed by atoms with Crippen LogP contribution >= 0.6 is 0 Å². The van der Waals surface area contributed by atoms with E-state index in [-0.39, 0.29) is 13.1 Å². The molecule has 1 aromatic carbocycles. The number of sulfonamides is 1. The molecule has 21 heavy (non-hydrogen) atoms. The number of nitrogens with one attached hydrogen (secondary N) is 1. The molecule has 0 spiro atoms. The van der Waals surface area contributed by atoms with Crippen LogP contribution in [0.2, 0.25) is 0 Å². The highest BCUT2D eigenvalue weighted by atomic mass is 32.2. The first kappa shape index (κ1) is 16.3. The van der Waals surface area contributed by atoms with Gasteiger partial charge in [0.25, 0.3) is 0 Å². The van der Waals surface area contributed by atoms with Crippen molar-refractivity contribution < 1.29 is 22.3 Å². The van der Waals surface area contributed by atoms with E-state index in [0.717, 1.165) is 6.07 Å². The lowest BCUT2D eigenvalue weighted by molar-refractivity contribution is -0.0120. The first-order valence-corrected chi connectivity index (χ1v) is 8.02. The number of methoxy groups -OCH3 is 1. The van der Waals surface area contributed by atoms with Gasteiger partial charge in [-0.25, -0.2) is 17.5 Å². The zero-order valence-corrected chi connectivity index (χ0v) is 12.6. The lowest BCUT2D eigenvalue weighted by Crippen LogP contribution is -2.45. The van der Waals surface area contributed by atoms with Crippen LogP contribution in [-0.2, 0) is 26.0 Å². The van der Waals surface area contributed by atoms with Crippen molar-refractivity contribution in [2.75, 3.05) is 26.9 Å². The summed E-state index contributed by atoms with van der Waals surface area (Å²) in [4.78, 5) is -0.398. The fourth-order valence-corrected chi connectivity index (χ4v) is 3.33. The molecule has 0 radical (unpaired) electrons. The average molecular weight is 318 g/mol. The molecular weight excluding hydrogens is 299 g/mol. The maximum absolute atomic E-state index is 13.9. The maximum atomic E-state index is 13.9. The summed E-state index contributed by atoms with van der Waals surface area (Å²) in [6.07, 6.45) is 0.584. The Balaban J connectivity index is 2.15. The molecule has 1 heterocycles. The van der Waals surface area contributed by atoms with E-state index in [1.165, 1.54) is 19.2 Å². The van der Waals surface area contributed by atoms with Gasteiger partial charge in [0.2, 0.25) is 10.0 Å². The molecule has 0 aromatic heterocycles. The minimum absolute atomic E-state index is 0.0317. The van der Waals surface area contributed by atoms with Crippen molar-refractivity contribution in [2.45, 2.75) is 23.5 Å². The third-order valence-corrected chi connectivity index (χ3v) is 5.04. The molecular formula is C13H19FN2O4S. The zero-order chi connectivity index (χ0) is 15.5. The Kier molecular flexibility index (Phi) is 4.95. The van der Waals surface area contributed by atoms with Crippen LogP contribution in [0, 0.1) is 5.82 Å². The predicted octanol–water partition coefficient (Wildman–Crippen LogP) is 0.368. The van der Waals surface area contributed by atoms with Gasteiger partial charge in [0.15, 0.2) is 0 Å². The fourth-order valence-electron chi connectivity index (χ4n) is 2.15. The molecule has 0 aliphatic carbocycles. The molecule has 1 aromatic rings. The minimum Gasteiger partial charge on any atom is -0.378 e. The molecule has 0 amide bonds. The molecule has 6 nitrogen and oxygen atoms in total. The predicted molar refractivity (Wildman–Crippen MR) is 74.7 cm³/mol. The van der Waals surface area contributed by atoms with Crippen LogP contribution < -0.4 is 10.5 Å². The molecule has 1 atom stereocenters. The molecule has 3 N–H and O–H groups in total. The zero-order valence-electron chi connectivity index (χ0n) is 11.8. The number of hydrogen-bond donors (Lipinski definition) is 2. The van der Waals surface area contributed by atoms with Gasteiger partial charge in [0.05, 0.1) is 6.61 Å². The molecule has 1 unspecified atom stereocenters. The highest BCUT2D eigenvalue weighted by molar-refractivity contribution is 7.89. The smallest absolute Gasteiger partial charge is 0.243 e. The van der Waals surface area contributed by atoms with Gasteiger partial charge in [0.1, 0.15) is 16.3 Å². The van der Waals surface area contributed by atoms with Crippen LogP contribution in [-0.4, -0.2) is 40.9 Å². The number of hydrogen-bond acceptors (Lipinski definition) is 5. The summed E-state index contributed by atoms with van der Waals surface area (Å²) in [6, 6.07) is 3.83. The topological polar surface area (TPSA) is 90.7 Å². The maximum Gasteiger partial charge on any atom is 0.243 e. The normalized spacial score (nSPS) is 22.6. The molecule has 8 heteroatoms. The third kappa shape index (κ3) is 3.58. The monoisotopic (exact) mass is 318 g/mol. The molecule has 2 rings (SSSR count). The second-order valence-corrected chi connectivity index (χ2v) is 6.72. The lowest BCUT2D eigenvalue weighted by atomic mass is 10.0. The highest BCUT2D eigenvalue weighted by Gasteiger charge is 2.36. The standard InChI is InChI=1S/C13H19FN2O4S/c1-19-13(4-5-20-9-13)8-16-21(17,18)12-3-2-10(7-15)6-11(12)14/h2-3,6,16H,4-5,7-9,15H2,1H3. The minimum atomic E-state index is -3.95. The molecule has 1 aliphatic heterocycles. The van der Waals surface area contributed by atoms with Crippen LogP contribution in [0.25, 0.3) is 0 Å². The van der Waals surface area contributed by atoms with Crippen molar-refractivity contribution in [3.05, 3.63) is 29.6 Å². The van der Waals surface area contributed by atoms with Crippen molar-refractivity contribution in [1.29, 1.82) is 0 Å².